The van der Waals surface area contributed by atoms with E-state index in [4.69, 9.17) is 37.5 Å². The lowest BCUT2D eigenvalue weighted by Crippen LogP contribution is -2.42. The van der Waals surface area contributed by atoms with Gasteiger partial charge in [0, 0.05) is 32.3 Å². The van der Waals surface area contributed by atoms with Crippen molar-refractivity contribution < 1.29 is 51.9 Å². The number of fused-ring (bicyclic) bond motifs is 1. The van der Waals surface area contributed by atoms with E-state index in [0.717, 1.165) is 0 Å². The summed E-state index contributed by atoms with van der Waals surface area (Å²) in [6.07, 6.45) is -1.51. The summed E-state index contributed by atoms with van der Waals surface area (Å²) in [7, 11) is 0.0795. The molecule has 3 rings (SSSR count). The monoisotopic (exact) mass is 799 g/mol. The number of nitrogens with one attached hydrogen (secondary N) is 2. The smallest absolute Gasteiger partial charge is 0.407 e. The minimum Gasteiger partial charge on any atom is -0.455 e. The topological polar surface area (TPSA) is 196 Å². The quantitative estimate of drug-likeness (QED) is 0.0710. The van der Waals surface area contributed by atoms with Gasteiger partial charge < -0.3 is 48.1 Å². The van der Waals surface area contributed by atoms with Crippen LogP contribution < -0.4 is 10.6 Å². The van der Waals surface area contributed by atoms with Gasteiger partial charge in [-0.25, -0.2) is 24.4 Å². The van der Waals surface area contributed by atoms with E-state index >= 15 is 0 Å². The summed E-state index contributed by atoms with van der Waals surface area (Å²) in [4.78, 5) is 51.3. The van der Waals surface area contributed by atoms with Crippen molar-refractivity contribution >= 4 is 43.5 Å². The van der Waals surface area contributed by atoms with Crippen LogP contribution >= 0.6 is 8.53 Å². The van der Waals surface area contributed by atoms with Gasteiger partial charge in [-0.1, -0.05) is 27.7 Å². The van der Waals surface area contributed by atoms with E-state index in [1.807, 2.05) is 0 Å². The summed E-state index contributed by atoms with van der Waals surface area (Å²) in [5, 5.41) is 5.91. The third kappa shape index (κ3) is 14.0. The average Bonchev–Trinajstić information content (AvgIpc) is 3.67. The van der Waals surface area contributed by atoms with Gasteiger partial charge in [-0.2, -0.15) is 0 Å². The number of aromatic nitrogens is 4. The molecule has 3 heterocycles. The van der Waals surface area contributed by atoms with Gasteiger partial charge in [0.05, 0.1) is 44.9 Å². The zero-order valence-electron chi connectivity index (χ0n) is 34.4. The number of amides is 1. The van der Waals surface area contributed by atoms with Crippen molar-refractivity contribution in [2.45, 2.75) is 118 Å². The second kappa shape index (κ2) is 21.9. The summed E-state index contributed by atoms with van der Waals surface area (Å²) < 4.78 is 51.1. The Balaban J connectivity index is 1.76. The fourth-order valence-electron chi connectivity index (χ4n) is 5.50. The fraction of sp³-hybridized carbons (Fsp3) is 0.778. The van der Waals surface area contributed by atoms with E-state index in [9.17, 15) is 14.4 Å². The molecule has 0 aliphatic carbocycles. The number of esters is 2. The van der Waals surface area contributed by atoms with Gasteiger partial charge in [0.25, 0.3) is 8.53 Å². The highest BCUT2D eigenvalue weighted by molar-refractivity contribution is 7.44. The molecular weight excluding hydrogens is 737 g/mol. The zero-order chi connectivity index (χ0) is 40.9. The molecule has 2 aromatic rings. The Morgan fingerprint density at radius 1 is 0.873 bits per heavy atom. The number of rotatable bonds is 22. The molecule has 2 aromatic heterocycles. The van der Waals surface area contributed by atoms with E-state index < -0.39 is 68.5 Å². The van der Waals surface area contributed by atoms with E-state index in [0.29, 0.717) is 56.5 Å². The van der Waals surface area contributed by atoms with E-state index in [-0.39, 0.29) is 18.7 Å². The minimum atomic E-state index is -1.51. The number of carbonyl (C=O) groups is 3. The third-order valence-electron chi connectivity index (χ3n) is 7.95. The number of nitrogens with zero attached hydrogens (tertiary/aromatic N) is 5. The molecule has 1 aliphatic heterocycles. The molecule has 0 bridgehead atoms. The summed E-state index contributed by atoms with van der Waals surface area (Å²) in [6.45, 7) is 22.5. The molecule has 55 heavy (non-hydrogen) atoms. The zero-order valence-corrected chi connectivity index (χ0v) is 35.3. The predicted molar refractivity (Wildman–Crippen MR) is 205 cm³/mol. The maximum absolute atomic E-state index is 13.2. The van der Waals surface area contributed by atoms with Crippen molar-refractivity contribution in [2.24, 2.45) is 11.8 Å². The molecule has 1 fully saturated rings. The van der Waals surface area contributed by atoms with Gasteiger partial charge in [0.1, 0.15) is 29.9 Å². The van der Waals surface area contributed by atoms with E-state index in [1.165, 1.54) is 12.7 Å². The maximum atomic E-state index is 13.2. The third-order valence-corrected chi connectivity index (χ3v) is 9.93. The Labute approximate surface area is 325 Å². The molecule has 18 nitrogen and oxygen atoms in total. The van der Waals surface area contributed by atoms with Crippen molar-refractivity contribution in [1.29, 1.82) is 0 Å². The van der Waals surface area contributed by atoms with E-state index in [1.54, 1.807) is 60.1 Å². The normalized spacial score (nSPS) is 19.5. The Hall–Kier alpha value is -3.25. The summed E-state index contributed by atoms with van der Waals surface area (Å²) >= 11 is 0. The van der Waals surface area contributed by atoms with Gasteiger partial charge in [-0.05, 0) is 48.5 Å². The number of ether oxygens (including phenoxy) is 6. The van der Waals surface area contributed by atoms with Crippen LogP contribution in [0.5, 0.6) is 0 Å². The Bertz CT molecular complexity index is 1500. The first kappa shape index (κ1) is 46.1. The predicted octanol–water partition coefficient (Wildman–Crippen LogP) is 4.84. The van der Waals surface area contributed by atoms with Crippen LogP contribution in [0.15, 0.2) is 12.7 Å². The van der Waals surface area contributed by atoms with Crippen molar-refractivity contribution in [2.75, 3.05) is 58.6 Å². The van der Waals surface area contributed by atoms with E-state index in [2.05, 4.69) is 58.0 Å². The number of hydrogen-bond donors (Lipinski definition) is 2. The lowest BCUT2D eigenvalue weighted by molar-refractivity contribution is -0.172. The molecule has 0 radical (unpaired) electrons. The highest BCUT2D eigenvalue weighted by Crippen LogP contribution is 2.46. The molecule has 0 aromatic carbocycles. The molecule has 5 atom stereocenters. The molecule has 1 unspecified atom stereocenters. The van der Waals surface area contributed by atoms with Crippen LogP contribution in [0, 0.1) is 11.8 Å². The van der Waals surface area contributed by atoms with Crippen molar-refractivity contribution in [3.63, 3.8) is 0 Å². The van der Waals surface area contributed by atoms with Crippen molar-refractivity contribution in [1.82, 2.24) is 29.5 Å². The first-order chi connectivity index (χ1) is 25.9. The summed E-state index contributed by atoms with van der Waals surface area (Å²) in [6, 6.07) is 0.249. The van der Waals surface area contributed by atoms with Crippen LogP contribution in [0.25, 0.3) is 11.2 Å². The lowest BCUT2D eigenvalue weighted by Gasteiger charge is -2.35. The van der Waals surface area contributed by atoms with Crippen LogP contribution in [-0.2, 0) is 47.1 Å². The Morgan fingerprint density at radius 3 is 2.04 bits per heavy atom. The standard InChI is InChI=1S/C36H62N7O11P/c1-22(2)33(44)52-28-26(19-50-55(47-12)43(24(5)6)25(7)8)51-32(29(28)53-34(45)23(3)4)42-21-41-31-27(42)30(39-20-40-31)37-13-15-48-17-18-49-16-14-38-35(46)54-36(9,10)11/h20-26,28-29,32H,13-19H2,1-12H3,(H,38,46)(H,37,39,40)/t26-,28-,29-,32-,55?/m1/s1. The van der Waals surface area contributed by atoms with Crippen LogP contribution in [0.2, 0.25) is 0 Å². The second-order valence-corrected chi connectivity index (χ2v) is 16.6. The molecule has 312 valence electrons. The number of carbonyl (C=O) groups excluding carboxylic acids is 3. The largest absolute Gasteiger partial charge is 0.455 e. The molecule has 1 aliphatic rings. The average molecular weight is 800 g/mol. The SMILES string of the molecule is COP(OC[C@H]1O[C@@H](n2cnc3ncnc(NCCOCCOCCNC(=O)OC(C)(C)C)c32)[C@H](OC(=O)C(C)C)[C@@H]1OC(=O)C(C)C)N(C(C)C)C(C)C. The highest BCUT2D eigenvalue weighted by Gasteiger charge is 2.52. The van der Waals surface area contributed by atoms with Gasteiger partial charge in [0.15, 0.2) is 29.9 Å². The van der Waals surface area contributed by atoms with Crippen molar-refractivity contribution in [3.05, 3.63) is 12.7 Å². The van der Waals surface area contributed by atoms with Crippen LogP contribution in [0.3, 0.4) is 0 Å². The highest BCUT2D eigenvalue weighted by atomic mass is 31.2. The first-order valence-electron chi connectivity index (χ1n) is 18.8. The second-order valence-electron chi connectivity index (χ2n) is 15.1. The number of alkyl carbamates (subject to hydrolysis) is 1. The molecule has 2 N–H and O–H groups in total. The molecule has 0 saturated carbocycles. The Morgan fingerprint density at radius 2 is 1.47 bits per heavy atom. The molecule has 1 saturated heterocycles. The Kier molecular flexibility index (Phi) is 18.4. The number of hydrogen-bond acceptors (Lipinski definition) is 16. The molecule has 0 spiro atoms. The summed E-state index contributed by atoms with van der Waals surface area (Å²) in [5.74, 6) is -1.45. The summed E-state index contributed by atoms with van der Waals surface area (Å²) in [5.41, 5.74) is 0.287. The fourth-order valence-corrected chi connectivity index (χ4v) is 6.96. The lowest BCUT2D eigenvalue weighted by atomic mass is 10.1. The minimum absolute atomic E-state index is 0.0205. The molecular formula is C36H62N7O11P. The molecule has 19 heteroatoms. The van der Waals surface area contributed by atoms with Crippen LogP contribution in [-0.4, -0.2) is 131 Å². The van der Waals surface area contributed by atoms with Gasteiger partial charge >= 0.3 is 18.0 Å². The van der Waals surface area contributed by atoms with Gasteiger partial charge in [-0.15, -0.1) is 0 Å². The first-order valence-corrected chi connectivity index (χ1v) is 19.9. The maximum Gasteiger partial charge on any atom is 0.407 e. The van der Waals surface area contributed by atoms with Crippen LogP contribution in [0.1, 0.15) is 82.4 Å². The van der Waals surface area contributed by atoms with Crippen molar-refractivity contribution in [3.8, 4) is 0 Å². The number of imidazole rings is 1. The molecule has 1 amide bonds. The van der Waals surface area contributed by atoms with Gasteiger partial charge in [0.2, 0.25) is 0 Å². The number of anilines is 1. The van der Waals surface area contributed by atoms with Crippen LogP contribution in [0.4, 0.5) is 10.6 Å². The van der Waals surface area contributed by atoms with Gasteiger partial charge in [-0.3, -0.25) is 14.2 Å².